The van der Waals surface area contributed by atoms with Crippen LogP contribution in [-0.4, -0.2) is 11.3 Å². The van der Waals surface area contributed by atoms with Gasteiger partial charge in [0.2, 0.25) is 6.71 Å². The molecule has 0 spiro atoms. The molecule has 7 rings (SSSR count). The molecule has 2 heteroatoms. The first kappa shape index (κ1) is 16.5. The molecule has 0 atom stereocenters. The number of rotatable bonds is 0. The van der Waals surface area contributed by atoms with E-state index in [1.807, 2.05) is 0 Å². The van der Waals surface area contributed by atoms with Crippen LogP contribution in [0.5, 0.6) is 0 Å². The van der Waals surface area contributed by atoms with Crippen LogP contribution >= 0.6 is 0 Å². The summed E-state index contributed by atoms with van der Waals surface area (Å²) < 4.78 is 2.53. The van der Waals surface area contributed by atoms with E-state index in [2.05, 4.69) is 104 Å². The summed E-state index contributed by atoms with van der Waals surface area (Å²) in [7, 11) is 0. The summed E-state index contributed by atoms with van der Waals surface area (Å²) in [5, 5.41) is 2.78. The van der Waals surface area contributed by atoms with Crippen LogP contribution in [0.2, 0.25) is 0 Å². The predicted octanol–water partition coefficient (Wildman–Crippen LogP) is 4.56. The van der Waals surface area contributed by atoms with E-state index in [4.69, 9.17) is 0 Å². The largest absolute Gasteiger partial charge is 0.310 e. The van der Waals surface area contributed by atoms with Gasteiger partial charge in [0, 0.05) is 27.4 Å². The Bertz CT molecular complexity index is 1540. The molecule has 0 N–H and O–H groups in total. The summed E-state index contributed by atoms with van der Waals surface area (Å²) in [5.41, 5.74) is 12.7. The number of nitrogens with zero attached hydrogens (tertiary/aromatic N) is 1. The van der Waals surface area contributed by atoms with Crippen LogP contribution < -0.4 is 16.4 Å². The highest BCUT2D eigenvalue weighted by Gasteiger charge is 2.44. The SMILES string of the molecule is Cc1cccc2c1c1ccc3c4c1n2-c1ccccc1B4c1ccccc1C3(C)C. The minimum atomic E-state index is -0.0147. The molecule has 1 aromatic heterocycles. The highest BCUT2D eigenvalue weighted by atomic mass is 15.0. The fraction of sp³-hybridized carbons (Fsp3) is 0.143. The Morgan fingerprint density at radius 3 is 2.37 bits per heavy atom. The van der Waals surface area contributed by atoms with Gasteiger partial charge in [0.15, 0.2) is 0 Å². The van der Waals surface area contributed by atoms with Crippen LogP contribution in [-0.2, 0) is 5.41 Å². The summed E-state index contributed by atoms with van der Waals surface area (Å²) >= 11 is 0. The smallest absolute Gasteiger partial charge is 0.247 e. The molecule has 3 heterocycles. The fourth-order valence-corrected chi connectivity index (χ4v) is 6.32. The van der Waals surface area contributed by atoms with Gasteiger partial charge in [0.25, 0.3) is 0 Å². The molecule has 2 aliphatic rings. The Kier molecular flexibility index (Phi) is 2.90. The number of aromatic nitrogens is 1. The van der Waals surface area contributed by atoms with Crippen molar-refractivity contribution in [2.75, 3.05) is 0 Å². The van der Waals surface area contributed by atoms with Crippen molar-refractivity contribution in [3.63, 3.8) is 0 Å². The number of benzene rings is 4. The fourth-order valence-electron chi connectivity index (χ4n) is 6.32. The molecular formula is C28H22BN. The molecule has 0 bridgehead atoms. The standard InChI is InChI=1S/C28H22BN/c1-17-9-8-14-24-25(17)18-15-16-20-26-27(18)30(24)23-13-7-6-12-22(23)29(26)21-11-5-4-10-19(21)28(20,2)3/h4-16H,1-3H3. The molecule has 0 saturated carbocycles. The Labute approximate surface area is 177 Å². The molecule has 0 radical (unpaired) electrons. The molecular weight excluding hydrogens is 361 g/mol. The van der Waals surface area contributed by atoms with Gasteiger partial charge in [0.05, 0.1) is 5.52 Å². The lowest BCUT2D eigenvalue weighted by atomic mass is 9.30. The number of hydrogen-bond donors (Lipinski definition) is 0. The summed E-state index contributed by atoms with van der Waals surface area (Å²) in [6, 6.07) is 29.6. The molecule has 2 aliphatic heterocycles. The van der Waals surface area contributed by atoms with Crippen molar-refractivity contribution in [3.05, 3.63) is 95.6 Å². The highest BCUT2D eigenvalue weighted by Crippen LogP contribution is 2.41. The second kappa shape index (κ2) is 5.26. The summed E-state index contributed by atoms with van der Waals surface area (Å²) in [6.45, 7) is 7.31. The van der Waals surface area contributed by atoms with E-state index >= 15 is 0 Å². The van der Waals surface area contributed by atoms with Gasteiger partial charge in [-0.05, 0) is 46.7 Å². The zero-order valence-corrected chi connectivity index (χ0v) is 17.5. The zero-order chi connectivity index (χ0) is 20.2. The van der Waals surface area contributed by atoms with Gasteiger partial charge < -0.3 is 4.57 Å². The van der Waals surface area contributed by atoms with Crippen LogP contribution in [0.4, 0.5) is 0 Å². The predicted molar refractivity (Wildman–Crippen MR) is 129 cm³/mol. The van der Waals surface area contributed by atoms with E-state index in [0.717, 1.165) is 0 Å². The summed E-state index contributed by atoms with van der Waals surface area (Å²) in [4.78, 5) is 0. The first-order chi connectivity index (χ1) is 14.6. The van der Waals surface area contributed by atoms with Crippen LogP contribution in [0, 0.1) is 6.92 Å². The molecule has 5 aromatic rings. The van der Waals surface area contributed by atoms with Crippen molar-refractivity contribution in [1.82, 2.24) is 4.57 Å². The van der Waals surface area contributed by atoms with E-state index in [1.165, 1.54) is 60.6 Å². The number of hydrogen-bond acceptors (Lipinski definition) is 0. The summed E-state index contributed by atoms with van der Waals surface area (Å²) in [5.74, 6) is 0. The maximum Gasteiger partial charge on any atom is 0.247 e. The Morgan fingerprint density at radius 1 is 0.733 bits per heavy atom. The second-order valence-electron chi connectivity index (χ2n) is 9.43. The van der Waals surface area contributed by atoms with Crippen LogP contribution in [0.3, 0.4) is 0 Å². The van der Waals surface area contributed by atoms with Crippen LogP contribution in [0.15, 0.2) is 78.9 Å². The lowest BCUT2D eigenvalue weighted by Crippen LogP contribution is -2.63. The normalized spacial score (nSPS) is 15.4. The molecule has 0 unspecified atom stereocenters. The first-order valence-corrected chi connectivity index (χ1v) is 10.8. The number of aryl methyl sites for hydroxylation is 1. The molecule has 142 valence electrons. The van der Waals surface area contributed by atoms with E-state index in [0.29, 0.717) is 6.71 Å². The molecule has 0 aliphatic carbocycles. The number of para-hydroxylation sites is 1. The topological polar surface area (TPSA) is 4.93 Å². The van der Waals surface area contributed by atoms with Gasteiger partial charge in [-0.3, -0.25) is 0 Å². The third kappa shape index (κ3) is 1.73. The van der Waals surface area contributed by atoms with Gasteiger partial charge in [-0.25, -0.2) is 0 Å². The first-order valence-electron chi connectivity index (χ1n) is 10.8. The zero-order valence-electron chi connectivity index (χ0n) is 17.5. The molecule has 1 nitrogen and oxygen atoms in total. The van der Waals surface area contributed by atoms with Crippen molar-refractivity contribution in [1.29, 1.82) is 0 Å². The summed E-state index contributed by atoms with van der Waals surface area (Å²) in [6.07, 6.45) is 0. The lowest BCUT2D eigenvalue weighted by Gasteiger charge is -2.41. The van der Waals surface area contributed by atoms with Crippen molar-refractivity contribution in [3.8, 4) is 5.69 Å². The maximum atomic E-state index is 2.53. The average Bonchev–Trinajstić information content (AvgIpc) is 3.11. The van der Waals surface area contributed by atoms with Gasteiger partial charge in [-0.1, -0.05) is 86.0 Å². The highest BCUT2D eigenvalue weighted by molar-refractivity contribution is 6.99. The van der Waals surface area contributed by atoms with Crippen LogP contribution in [0.1, 0.15) is 30.5 Å². The molecule has 0 saturated heterocycles. The van der Waals surface area contributed by atoms with Crippen molar-refractivity contribution >= 4 is 44.9 Å². The molecule has 4 aromatic carbocycles. The molecule has 0 fully saturated rings. The van der Waals surface area contributed by atoms with Gasteiger partial charge in [0.1, 0.15) is 0 Å². The number of fused-ring (bicyclic) bond motifs is 8. The maximum absolute atomic E-state index is 2.53. The molecule has 0 amide bonds. The Balaban J connectivity index is 1.80. The van der Waals surface area contributed by atoms with Gasteiger partial charge in [-0.15, -0.1) is 0 Å². The van der Waals surface area contributed by atoms with Crippen molar-refractivity contribution in [2.24, 2.45) is 0 Å². The Morgan fingerprint density at radius 2 is 1.50 bits per heavy atom. The third-order valence-corrected chi connectivity index (χ3v) is 7.60. The van der Waals surface area contributed by atoms with E-state index in [9.17, 15) is 0 Å². The van der Waals surface area contributed by atoms with Crippen LogP contribution in [0.25, 0.3) is 27.5 Å². The monoisotopic (exact) mass is 383 g/mol. The van der Waals surface area contributed by atoms with E-state index in [-0.39, 0.29) is 5.41 Å². The van der Waals surface area contributed by atoms with E-state index < -0.39 is 0 Å². The lowest BCUT2D eigenvalue weighted by molar-refractivity contribution is 0.646. The minimum Gasteiger partial charge on any atom is -0.310 e. The van der Waals surface area contributed by atoms with Crippen molar-refractivity contribution in [2.45, 2.75) is 26.2 Å². The third-order valence-electron chi connectivity index (χ3n) is 7.60. The van der Waals surface area contributed by atoms with Gasteiger partial charge in [-0.2, -0.15) is 0 Å². The van der Waals surface area contributed by atoms with E-state index in [1.54, 1.807) is 0 Å². The van der Waals surface area contributed by atoms with Crippen molar-refractivity contribution < 1.29 is 0 Å². The Hall–Kier alpha value is -3.26. The second-order valence-corrected chi connectivity index (χ2v) is 9.43. The average molecular weight is 383 g/mol. The minimum absolute atomic E-state index is 0.0147. The van der Waals surface area contributed by atoms with Gasteiger partial charge >= 0.3 is 0 Å². The molecule has 30 heavy (non-hydrogen) atoms. The quantitative estimate of drug-likeness (QED) is 0.339.